The molecule has 1 amide bonds. The van der Waals surface area contributed by atoms with Crippen molar-refractivity contribution in [3.8, 4) is 0 Å². The molecule has 0 aromatic heterocycles. The van der Waals surface area contributed by atoms with Gasteiger partial charge in [-0.15, -0.1) is 0 Å². The van der Waals surface area contributed by atoms with E-state index in [1.54, 1.807) is 19.1 Å². The molecule has 0 heterocycles. The number of aryl methyl sites for hydroxylation is 1. The van der Waals surface area contributed by atoms with Gasteiger partial charge in [0.05, 0.1) is 4.90 Å². The van der Waals surface area contributed by atoms with E-state index >= 15 is 0 Å². The number of halogens is 2. The maximum absolute atomic E-state index is 11.6. The molecule has 0 saturated carbocycles. The first-order valence-corrected chi connectivity index (χ1v) is 8.42. The van der Waals surface area contributed by atoms with E-state index in [0.29, 0.717) is 16.6 Å². The van der Waals surface area contributed by atoms with Crippen molar-refractivity contribution in [2.45, 2.75) is 16.6 Å². The number of rotatable bonds is 4. The summed E-state index contributed by atoms with van der Waals surface area (Å²) in [4.78, 5) is 11.2. The lowest BCUT2D eigenvalue weighted by Gasteiger charge is -2.22. The van der Waals surface area contributed by atoms with Crippen LogP contribution in [0.2, 0.25) is 0 Å². The Labute approximate surface area is 123 Å². The maximum Gasteiger partial charge on any atom is 0.239 e. The largest absolute Gasteiger partial charge is 0.325 e. The average molecular weight is 403 g/mol. The Bertz CT molecular complexity index is 450. The Kier molecular flexibility index (Phi) is 5.63. The third-order valence-corrected chi connectivity index (χ3v) is 5.46. The van der Waals surface area contributed by atoms with Crippen molar-refractivity contribution in [3.63, 3.8) is 0 Å². The van der Waals surface area contributed by atoms with E-state index in [9.17, 15) is 18.5 Å². The highest BCUT2D eigenvalue weighted by atomic mass is 79.9. The zero-order chi connectivity index (χ0) is 13.9. The lowest BCUT2D eigenvalue weighted by atomic mass is 10.2. The summed E-state index contributed by atoms with van der Waals surface area (Å²) in [6.45, 7) is 1.64. The zero-order valence-electron chi connectivity index (χ0n) is 9.43. The highest BCUT2D eigenvalue weighted by Gasteiger charge is 2.20. The van der Waals surface area contributed by atoms with Crippen molar-refractivity contribution in [3.05, 3.63) is 23.8 Å². The minimum absolute atomic E-state index is 0.00487. The Hall–Kier alpha value is -0.120. The Morgan fingerprint density at radius 3 is 2.56 bits per heavy atom. The normalized spacial score (nSPS) is 14.1. The summed E-state index contributed by atoms with van der Waals surface area (Å²) in [6, 6.07) is 4.55. The Balaban J connectivity index is 2.96. The summed E-state index contributed by atoms with van der Waals surface area (Å²) in [5.41, 5.74) is 0.923. The molecule has 0 radical (unpaired) electrons. The molecular formula is C10H13Br2NO4S. The fraction of sp³-hybridized carbons (Fsp3) is 0.300. The van der Waals surface area contributed by atoms with Crippen LogP contribution in [0, 0.1) is 6.92 Å². The van der Waals surface area contributed by atoms with Crippen LogP contribution >= 0.6 is 42.7 Å². The predicted octanol–water partition coefficient (Wildman–Crippen LogP) is 3.67. The molecule has 1 rings (SSSR count). The second-order valence-corrected chi connectivity index (χ2v) is 6.84. The lowest BCUT2D eigenvalue weighted by molar-refractivity contribution is -0.115. The van der Waals surface area contributed by atoms with Gasteiger partial charge in [0.1, 0.15) is 15.7 Å². The zero-order valence-corrected chi connectivity index (χ0v) is 13.4. The molecule has 0 aliphatic heterocycles. The van der Waals surface area contributed by atoms with E-state index in [-0.39, 0.29) is 10.8 Å². The lowest BCUT2D eigenvalue weighted by Crippen LogP contribution is -2.23. The van der Waals surface area contributed by atoms with Crippen molar-refractivity contribution in [1.82, 2.24) is 0 Å². The maximum atomic E-state index is 11.6. The van der Waals surface area contributed by atoms with E-state index in [1.807, 2.05) is 0 Å². The first-order chi connectivity index (χ1) is 8.25. The van der Waals surface area contributed by atoms with Crippen LogP contribution < -0.4 is 5.32 Å². The predicted molar refractivity (Wildman–Crippen MR) is 80.1 cm³/mol. The molecule has 0 bridgehead atoms. The quantitative estimate of drug-likeness (QED) is 0.578. The van der Waals surface area contributed by atoms with Crippen molar-refractivity contribution in [2.24, 2.45) is 0 Å². The molecule has 0 spiro atoms. The van der Waals surface area contributed by atoms with E-state index in [2.05, 4.69) is 37.2 Å². The summed E-state index contributed by atoms with van der Waals surface area (Å²) in [5, 5.41) is 3.05. The number of anilines is 1. The number of alkyl halides is 2. The summed E-state index contributed by atoms with van der Waals surface area (Å²) in [7, 11) is -3.79. The van der Waals surface area contributed by atoms with Gasteiger partial charge in [-0.05, 0) is 24.6 Å². The van der Waals surface area contributed by atoms with Crippen LogP contribution in [0.15, 0.2) is 23.1 Å². The van der Waals surface area contributed by atoms with Crippen LogP contribution in [0.5, 0.6) is 0 Å². The average Bonchev–Trinajstić information content (AvgIpc) is 2.29. The Morgan fingerprint density at radius 2 is 2.06 bits per heavy atom. The summed E-state index contributed by atoms with van der Waals surface area (Å²) < 4.78 is 27.7. The molecule has 0 saturated heterocycles. The summed E-state index contributed by atoms with van der Waals surface area (Å²) in [5.74, 6) is -0.268. The first-order valence-electron chi connectivity index (χ1n) is 4.88. The smallest absolute Gasteiger partial charge is 0.239 e. The molecule has 1 atom stereocenters. The van der Waals surface area contributed by atoms with Gasteiger partial charge in [-0.2, -0.15) is 0 Å². The second kappa shape index (κ2) is 6.36. The molecule has 5 nitrogen and oxygen atoms in total. The van der Waals surface area contributed by atoms with Crippen LogP contribution in [0.25, 0.3) is 0 Å². The van der Waals surface area contributed by atoms with Crippen molar-refractivity contribution >= 4 is 54.3 Å². The van der Waals surface area contributed by atoms with E-state index < -0.39 is 15.7 Å². The molecule has 1 aromatic rings. The molecule has 0 fully saturated rings. The van der Waals surface area contributed by atoms with Crippen LogP contribution in [-0.4, -0.2) is 29.7 Å². The number of nitrogens with one attached hydrogen (secondary N) is 1. The fourth-order valence-electron chi connectivity index (χ4n) is 1.26. The summed E-state index contributed by atoms with van der Waals surface area (Å²) >= 11 is 6.33. The molecule has 8 heteroatoms. The van der Waals surface area contributed by atoms with E-state index in [4.69, 9.17) is 0 Å². The number of benzene rings is 1. The van der Waals surface area contributed by atoms with Gasteiger partial charge in [-0.1, -0.05) is 37.9 Å². The third kappa shape index (κ3) is 4.22. The van der Waals surface area contributed by atoms with Crippen LogP contribution in [0.1, 0.15) is 5.56 Å². The van der Waals surface area contributed by atoms with Gasteiger partial charge in [0.2, 0.25) is 5.91 Å². The van der Waals surface area contributed by atoms with E-state index in [0.717, 1.165) is 0 Å². The molecule has 4 N–H and O–H groups in total. The molecule has 0 aliphatic carbocycles. The SMILES string of the molecule is Cc1ccc(NC(=O)C(Br)CBr)cc1S(O)(O)O. The number of carbonyl (C=O) groups excluding carboxylic acids is 1. The van der Waals surface area contributed by atoms with Crippen LogP contribution in [-0.2, 0) is 4.79 Å². The van der Waals surface area contributed by atoms with Crippen molar-refractivity contribution in [1.29, 1.82) is 0 Å². The van der Waals surface area contributed by atoms with Crippen LogP contribution in [0.3, 0.4) is 0 Å². The molecule has 18 heavy (non-hydrogen) atoms. The second-order valence-electron chi connectivity index (χ2n) is 3.61. The summed E-state index contributed by atoms with van der Waals surface area (Å²) in [6.07, 6.45) is 0. The standard InChI is InChI=1S/C10H13Br2NO4S/c1-6-2-3-7(4-9(6)18(15,16)17)13-10(14)8(12)5-11/h2-4,8,15-17H,5H2,1H3,(H,13,14). The minimum Gasteiger partial charge on any atom is -0.325 e. The molecule has 0 aliphatic rings. The van der Waals surface area contributed by atoms with Crippen molar-refractivity contribution in [2.75, 3.05) is 10.6 Å². The molecule has 1 aromatic carbocycles. The highest BCUT2D eigenvalue weighted by molar-refractivity contribution is 9.12. The number of carbonyl (C=O) groups is 1. The molecular weight excluding hydrogens is 390 g/mol. The number of hydrogen-bond donors (Lipinski definition) is 4. The van der Waals surface area contributed by atoms with Gasteiger partial charge >= 0.3 is 0 Å². The number of hydrogen-bond acceptors (Lipinski definition) is 4. The van der Waals surface area contributed by atoms with Gasteiger partial charge < -0.3 is 19.0 Å². The van der Waals surface area contributed by atoms with Gasteiger partial charge in [0.15, 0.2) is 0 Å². The van der Waals surface area contributed by atoms with Crippen molar-refractivity contribution < 1.29 is 18.5 Å². The van der Waals surface area contributed by atoms with Gasteiger partial charge in [-0.3, -0.25) is 4.79 Å². The Morgan fingerprint density at radius 1 is 1.44 bits per heavy atom. The minimum atomic E-state index is -3.79. The monoisotopic (exact) mass is 401 g/mol. The highest BCUT2D eigenvalue weighted by Crippen LogP contribution is 2.46. The fourth-order valence-corrected chi connectivity index (χ4v) is 2.46. The van der Waals surface area contributed by atoms with Gasteiger partial charge in [0.25, 0.3) is 0 Å². The molecule has 102 valence electrons. The van der Waals surface area contributed by atoms with Gasteiger partial charge in [-0.25, -0.2) is 0 Å². The topological polar surface area (TPSA) is 89.8 Å². The number of amides is 1. The molecule has 1 unspecified atom stereocenters. The first kappa shape index (κ1) is 15.9. The van der Waals surface area contributed by atoms with E-state index in [1.165, 1.54) is 6.07 Å². The van der Waals surface area contributed by atoms with Crippen LogP contribution in [0.4, 0.5) is 5.69 Å². The third-order valence-electron chi connectivity index (χ3n) is 2.17. The van der Waals surface area contributed by atoms with Gasteiger partial charge in [0, 0.05) is 11.0 Å².